The molecule has 0 bridgehead atoms. The first-order valence-corrected chi connectivity index (χ1v) is 8.71. The summed E-state index contributed by atoms with van der Waals surface area (Å²) in [5, 5.41) is -0.469. The molecule has 0 N–H and O–H groups in total. The van der Waals surface area contributed by atoms with E-state index in [0.29, 0.717) is 16.8 Å². The molecule has 0 aromatic heterocycles. The summed E-state index contributed by atoms with van der Waals surface area (Å²) in [5.41, 5.74) is -5.53. The maximum Gasteiger partial charge on any atom is 0.481 e. The van der Waals surface area contributed by atoms with Crippen molar-refractivity contribution in [1.82, 2.24) is 0 Å². The Hall–Kier alpha value is 0.540. The van der Waals surface area contributed by atoms with Gasteiger partial charge in [0.05, 0.1) is 5.25 Å². The first-order valence-electron chi connectivity index (χ1n) is 4.89. The number of sulfonamides is 1. The van der Waals surface area contributed by atoms with Gasteiger partial charge in [-0.1, -0.05) is 22.6 Å². The van der Waals surface area contributed by atoms with Gasteiger partial charge in [0.15, 0.2) is 10.0 Å². The van der Waals surface area contributed by atoms with Gasteiger partial charge >= 0.3 is 5.51 Å². The lowest BCUT2D eigenvalue weighted by atomic mass is 10.0. The fourth-order valence-electron chi connectivity index (χ4n) is 1.39. The minimum Gasteiger partial charge on any atom is -0.398 e. The Morgan fingerprint density at radius 3 is 2.17 bits per heavy atom. The Balaban J connectivity index is 2.47. The van der Waals surface area contributed by atoms with Crippen molar-refractivity contribution in [2.75, 3.05) is 0 Å². The van der Waals surface area contributed by atoms with Crippen LogP contribution in [0.4, 0.5) is 13.2 Å². The quantitative estimate of drug-likeness (QED) is 0.398. The zero-order chi connectivity index (χ0) is 14.0. The molecule has 0 aromatic carbocycles. The van der Waals surface area contributed by atoms with Gasteiger partial charge in [-0.05, 0) is 25.7 Å². The van der Waals surface area contributed by atoms with Crippen LogP contribution in [-0.2, 0) is 25.4 Å². The Labute approximate surface area is 119 Å². The van der Waals surface area contributed by atoms with Crippen molar-refractivity contribution < 1.29 is 30.1 Å². The van der Waals surface area contributed by atoms with Crippen LogP contribution in [0.5, 0.6) is 0 Å². The maximum atomic E-state index is 11.9. The lowest BCUT2D eigenvalue weighted by Gasteiger charge is -2.28. The van der Waals surface area contributed by atoms with Crippen LogP contribution in [0.25, 0.3) is 4.89 Å². The first-order chi connectivity index (χ1) is 8.13. The molecule has 1 aliphatic carbocycles. The highest BCUT2D eigenvalue weighted by molar-refractivity contribution is 14.1. The van der Waals surface area contributed by atoms with Gasteiger partial charge in [0.25, 0.3) is 0 Å². The van der Waals surface area contributed by atoms with Crippen LogP contribution in [-0.4, -0.2) is 27.3 Å². The summed E-state index contributed by atoms with van der Waals surface area (Å²) in [6, 6.07) is 0. The molecule has 0 aliphatic heterocycles. The van der Waals surface area contributed by atoms with Gasteiger partial charge in [-0.3, -0.25) is 0 Å². The van der Waals surface area contributed by atoms with Crippen LogP contribution in [0, 0.1) is 0 Å². The number of nitrogens with zero attached hydrogens (tertiary/aromatic N) is 1. The van der Waals surface area contributed by atoms with Crippen molar-refractivity contribution in [2.24, 2.45) is 0 Å². The molecule has 1 saturated carbocycles. The van der Waals surface area contributed by atoms with E-state index in [1.54, 1.807) is 0 Å². The largest absolute Gasteiger partial charge is 0.481 e. The molecule has 0 aromatic rings. The van der Waals surface area contributed by atoms with Crippen molar-refractivity contribution in [3.63, 3.8) is 0 Å². The molecular formula is C7H10F3INO4S2-. The molecule has 11 heteroatoms. The van der Waals surface area contributed by atoms with Crippen molar-refractivity contribution >= 4 is 43.7 Å². The fourth-order valence-corrected chi connectivity index (χ4v) is 3.53. The van der Waals surface area contributed by atoms with Gasteiger partial charge in [0, 0.05) is 3.92 Å². The standard InChI is InChI=1S/C7H10F3INO4S2/c8-7(9,10)18(14,15)12-16-17(13)6-3-1-5(11)2-4-6/h5-6H,1-4H2/q-1. The zero-order valence-corrected chi connectivity index (χ0v) is 12.7. The van der Waals surface area contributed by atoms with Crippen LogP contribution in [0.3, 0.4) is 0 Å². The van der Waals surface area contributed by atoms with Gasteiger partial charge in [-0.15, -0.1) is 0 Å². The number of hydrogen-bond acceptors (Lipinski definition) is 4. The molecule has 1 aliphatic rings. The van der Waals surface area contributed by atoms with Gasteiger partial charge in [-0.2, -0.15) is 13.2 Å². The van der Waals surface area contributed by atoms with E-state index < -0.39 is 31.9 Å². The third-order valence-electron chi connectivity index (χ3n) is 2.37. The number of rotatable bonds is 4. The summed E-state index contributed by atoms with van der Waals surface area (Å²) < 4.78 is 72.7. The molecule has 5 nitrogen and oxygen atoms in total. The lowest BCUT2D eigenvalue weighted by molar-refractivity contribution is -0.0434. The molecule has 1 atom stereocenters. The second-order valence-corrected chi connectivity index (χ2v) is 8.36. The fraction of sp³-hybridized carbons (Fsp3) is 1.00. The smallest absolute Gasteiger partial charge is 0.398 e. The van der Waals surface area contributed by atoms with Gasteiger partial charge in [0.2, 0.25) is 0 Å². The topological polar surface area (TPSA) is 74.5 Å². The van der Waals surface area contributed by atoms with Crippen LogP contribution in [0.2, 0.25) is 0 Å². The molecule has 0 radical (unpaired) electrons. The third-order valence-corrected chi connectivity index (χ3v) is 5.80. The Bertz CT molecular complexity index is 405. The van der Waals surface area contributed by atoms with Crippen LogP contribution >= 0.6 is 22.6 Å². The second kappa shape index (κ2) is 6.33. The number of alkyl halides is 4. The van der Waals surface area contributed by atoms with Crippen molar-refractivity contribution in [3.8, 4) is 0 Å². The molecule has 1 rings (SSSR count). The van der Waals surface area contributed by atoms with E-state index >= 15 is 0 Å². The average molecular weight is 420 g/mol. The summed E-state index contributed by atoms with van der Waals surface area (Å²) in [6.45, 7) is 0. The summed E-state index contributed by atoms with van der Waals surface area (Å²) in [7, 11) is -5.73. The van der Waals surface area contributed by atoms with E-state index in [2.05, 4.69) is 31.8 Å². The predicted molar refractivity (Wildman–Crippen MR) is 67.6 cm³/mol. The van der Waals surface area contributed by atoms with Crippen LogP contribution in [0.15, 0.2) is 0 Å². The molecule has 108 valence electrons. The molecule has 18 heavy (non-hydrogen) atoms. The predicted octanol–water partition coefficient (Wildman–Crippen LogP) is 2.55. The Morgan fingerprint density at radius 2 is 1.72 bits per heavy atom. The van der Waals surface area contributed by atoms with Crippen molar-refractivity contribution in [3.05, 3.63) is 4.89 Å². The molecule has 1 unspecified atom stereocenters. The van der Waals surface area contributed by atoms with Crippen LogP contribution in [0.1, 0.15) is 25.7 Å². The van der Waals surface area contributed by atoms with Gasteiger partial charge in [-0.25, -0.2) is 12.6 Å². The summed E-state index contributed by atoms with van der Waals surface area (Å²) >= 11 is 0.0752. The zero-order valence-electron chi connectivity index (χ0n) is 8.89. The maximum absolute atomic E-state index is 11.9. The molecule has 0 amide bonds. The highest BCUT2D eigenvalue weighted by Crippen LogP contribution is 2.31. The lowest BCUT2D eigenvalue weighted by Crippen LogP contribution is -2.26. The van der Waals surface area contributed by atoms with E-state index in [9.17, 15) is 25.8 Å². The van der Waals surface area contributed by atoms with E-state index in [4.69, 9.17) is 0 Å². The molecule has 0 heterocycles. The average Bonchev–Trinajstić information content (AvgIpc) is 2.25. The third kappa shape index (κ3) is 4.58. The normalized spacial score (nSPS) is 28.0. The molecular weight excluding hydrogens is 410 g/mol. The summed E-state index contributed by atoms with van der Waals surface area (Å²) in [5.74, 6) is 0. The second-order valence-electron chi connectivity index (χ2n) is 3.70. The van der Waals surface area contributed by atoms with Gasteiger partial charge < -0.3 is 9.17 Å². The monoisotopic (exact) mass is 420 g/mol. The van der Waals surface area contributed by atoms with Crippen molar-refractivity contribution in [1.29, 1.82) is 0 Å². The van der Waals surface area contributed by atoms with E-state index in [-0.39, 0.29) is 0 Å². The van der Waals surface area contributed by atoms with E-state index in [1.807, 2.05) is 0 Å². The SMILES string of the molecule is O=S(O[N-]S(=O)(=O)C(F)(F)F)C1CCC(I)CC1. The Morgan fingerprint density at radius 1 is 1.22 bits per heavy atom. The van der Waals surface area contributed by atoms with Crippen LogP contribution < -0.4 is 0 Å². The molecule has 1 fully saturated rings. The minimum atomic E-state index is -5.73. The highest BCUT2D eigenvalue weighted by atomic mass is 127. The summed E-state index contributed by atoms with van der Waals surface area (Å²) in [4.78, 5) is 2.07. The van der Waals surface area contributed by atoms with E-state index in [0.717, 1.165) is 12.8 Å². The first kappa shape index (κ1) is 16.6. The van der Waals surface area contributed by atoms with E-state index in [1.165, 1.54) is 0 Å². The number of hydrogen-bond donors (Lipinski definition) is 0. The minimum absolute atomic E-state index is 0.437. The molecule has 0 saturated heterocycles. The van der Waals surface area contributed by atoms with Crippen molar-refractivity contribution in [2.45, 2.75) is 40.4 Å². The highest BCUT2D eigenvalue weighted by Gasteiger charge is 2.39. The number of halogens is 4. The Kier molecular flexibility index (Phi) is 5.83. The summed E-state index contributed by atoms with van der Waals surface area (Å²) in [6.07, 6.45) is 2.57. The van der Waals surface area contributed by atoms with Gasteiger partial charge in [0.1, 0.15) is 11.1 Å². The molecule has 0 spiro atoms.